The van der Waals surface area contributed by atoms with Gasteiger partial charge in [-0.1, -0.05) is 0 Å². The molecule has 4 nitrogen and oxygen atoms in total. The van der Waals surface area contributed by atoms with Gasteiger partial charge in [0, 0.05) is 29.9 Å². The molecule has 1 aliphatic rings. The molecule has 0 unspecified atom stereocenters. The van der Waals surface area contributed by atoms with Crippen molar-refractivity contribution >= 4 is 0 Å². The van der Waals surface area contributed by atoms with E-state index in [0.717, 1.165) is 29.9 Å². The molecule has 0 aliphatic heterocycles. The lowest BCUT2D eigenvalue weighted by molar-refractivity contribution is 0.340. The van der Waals surface area contributed by atoms with Crippen LogP contribution >= 0.6 is 0 Å². The molecule has 1 fully saturated rings. The molecule has 1 saturated carbocycles. The molecule has 0 radical (unpaired) electrons. The van der Waals surface area contributed by atoms with Gasteiger partial charge >= 0.3 is 0 Å². The summed E-state index contributed by atoms with van der Waals surface area (Å²) in [6.45, 7) is 0. The molecule has 0 saturated heterocycles. The van der Waals surface area contributed by atoms with Crippen molar-refractivity contribution in [3.05, 3.63) is 30.5 Å². The SMILES string of the molecule is NC1CC(c2ncc(-c3cc[nH]c3)[nH]2)C1. The third-order valence-corrected chi connectivity index (χ3v) is 3.07. The van der Waals surface area contributed by atoms with Gasteiger partial charge < -0.3 is 15.7 Å². The van der Waals surface area contributed by atoms with Gasteiger partial charge in [-0.2, -0.15) is 0 Å². The van der Waals surface area contributed by atoms with Crippen molar-refractivity contribution < 1.29 is 0 Å². The van der Waals surface area contributed by atoms with Gasteiger partial charge in [0.2, 0.25) is 0 Å². The zero-order chi connectivity index (χ0) is 10.3. The monoisotopic (exact) mass is 202 g/mol. The first-order chi connectivity index (χ1) is 7.33. The minimum Gasteiger partial charge on any atom is -0.367 e. The summed E-state index contributed by atoms with van der Waals surface area (Å²) in [5.74, 6) is 1.61. The number of aromatic amines is 2. The second-order valence-corrected chi connectivity index (χ2v) is 4.21. The van der Waals surface area contributed by atoms with E-state index in [1.54, 1.807) is 0 Å². The summed E-state index contributed by atoms with van der Waals surface area (Å²) in [6.07, 6.45) is 7.88. The van der Waals surface area contributed by atoms with Gasteiger partial charge in [0.1, 0.15) is 5.82 Å². The Bertz CT molecular complexity index is 437. The zero-order valence-electron chi connectivity index (χ0n) is 8.40. The lowest BCUT2D eigenvalue weighted by Gasteiger charge is -2.30. The minimum atomic E-state index is 0.371. The van der Waals surface area contributed by atoms with E-state index in [1.807, 2.05) is 24.7 Å². The molecule has 0 amide bonds. The van der Waals surface area contributed by atoms with Crippen LogP contribution in [0.15, 0.2) is 24.7 Å². The Labute approximate surface area is 87.9 Å². The van der Waals surface area contributed by atoms with Crippen molar-refractivity contribution in [3.8, 4) is 11.3 Å². The first kappa shape index (κ1) is 8.73. The average Bonchev–Trinajstić information content (AvgIpc) is 2.83. The Morgan fingerprint density at radius 3 is 2.93 bits per heavy atom. The molecule has 0 bridgehead atoms. The lowest BCUT2D eigenvalue weighted by Crippen LogP contribution is -2.35. The number of nitrogens with one attached hydrogen (secondary N) is 2. The van der Waals surface area contributed by atoms with Crippen molar-refractivity contribution in [1.29, 1.82) is 0 Å². The topological polar surface area (TPSA) is 70.5 Å². The highest BCUT2D eigenvalue weighted by Crippen LogP contribution is 2.34. The second-order valence-electron chi connectivity index (χ2n) is 4.21. The third kappa shape index (κ3) is 1.47. The number of aromatic nitrogens is 3. The average molecular weight is 202 g/mol. The highest BCUT2D eigenvalue weighted by molar-refractivity contribution is 5.57. The van der Waals surface area contributed by atoms with E-state index < -0.39 is 0 Å². The lowest BCUT2D eigenvalue weighted by atomic mass is 9.80. The van der Waals surface area contributed by atoms with Crippen LogP contribution in [0, 0.1) is 0 Å². The smallest absolute Gasteiger partial charge is 0.109 e. The largest absolute Gasteiger partial charge is 0.367 e. The quantitative estimate of drug-likeness (QED) is 0.692. The van der Waals surface area contributed by atoms with Crippen molar-refractivity contribution in [2.45, 2.75) is 24.8 Å². The number of hydrogen-bond acceptors (Lipinski definition) is 2. The standard InChI is InChI=1S/C11H14N4/c12-9-3-8(4-9)11-14-6-10(15-11)7-1-2-13-5-7/h1-2,5-6,8-9,13H,3-4,12H2,(H,14,15). The van der Waals surface area contributed by atoms with Crippen LogP contribution < -0.4 is 5.73 Å². The summed E-state index contributed by atoms with van der Waals surface area (Å²) in [5.41, 5.74) is 7.99. The third-order valence-electron chi connectivity index (χ3n) is 3.07. The van der Waals surface area contributed by atoms with Gasteiger partial charge in [-0.3, -0.25) is 0 Å². The highest BCUT2D eigenvalue weighted by atomic mass is 14.9. The second kappa shape index (κ2) is 3.24. The first-order valence-electron chi connectivity index (χ1n) is 5.26. The van der Waals surface area contributed by atoms with E-state index in [0.29, 0.717) is 12.0 Å². The molecule has 3 rings (SSSR count). The molecule has 2 aromatic heterocycles. The van der Waals surface area contributed by atoms with Crippen LogP contribution in [-0.2, 0) is 0 Å². The molecule has 0 aromatic carbocycles. The molecule has 78 valence electrons. The molecule has 4 heteroatoms. The number of rotatable bonds is 2. The maximum Gasteiger partial charge on any atom is 0.109 e. The van der Waals surface area contributed by atoms with E-state index in [-0.39, 0.29) is 0 Å². The van der Waals surface area contributed by atoms with E-state index >= 15 is 0 Å². The summed E-state index contributed by atoms with van der Waals surface area (Å²) in [5, 5.41) is 0. The maximum absolute atomic E-state index is 5.76. The Hall–Kier alpha value is -1.55. The summed E-state index contributed by atoms with van der Waals surface area (Å²) < 4.78 is 0. The summed E-state index contributed by atoms with van der Waals surface area (Å²) in [4.78, 5) is 10.8. The van der Waals surface area contributed by atoms with Crippen molar-refractivity contribution in [3.63, 3.8) is 0 Å². The summed E-state index contributed by atoms with van der Waals surface area (Å²) in [7, 11) is 0. The molecule has 0 atom stereocenters. The fourth-order valence-corrected chi connectivity index (χ4v) is 2.07. The van der Waals surface area contributed by atoms with Gasteiger partial charge in [0.15, 0.2) is 0 Å². The van der Waals surface area contributed by atoms with Crippen LogP contribution in [0.3, 0.4) is 0 Å². The summed E-state index contributed by atoms with van der Waals surface area (Å²) >= 11 is 0. The molecular formula is C11H14N4. The Morgan fingerprint density at radius 1 is 1.40 bits per heavy atom. The van der Waals surface area contributed by atoms with Gasteiger partial charge in [0.05, 0.1) is 11.9 Å². The normalized spacial score (nSPS) is 25.1. The fraction of sp³-hybridized carbons (Fsp3) is 0.364. The van der Waals surface area contributed by atoms with Crippen molar-refractivity contribution in [2.75, 3.05) is 0 Å². The maximum atomic E-state index is 5.76. The van der Waals surface area contributed by atoms with Crippen molar-refractivity contribution in [2.24, 2.45) is 5.73 Å². The number of hydrogen-bond donors (Lipinski definition) is 3. The zero-order valence-corrected chi connectivity index (χ0v) is 8.40. The van der Waals surface area contributed by atoms with E-state index in [1.165, 1.54) is 0 Å². The Kier molecular flexibility index (Phi) is 1.89. The number of imidazole rings is 1. The van der Waals surface area contributed by atoms with Crippen LogP contribution in [0.4, 0.5) is 0 Å². The van der Waals surface area contributed by atoms with Crippen LogP contribution in [-0.4, -0.2) is 21.0 Å². The fourth-order valence-electron chi connectivity index (χ4n) is 2.07. The molecule has 0 spiro atoms. The molecular weight excluding hydrogens is 188 g/mol. The van der Waals surface area contributed by atoms with Gasteiger partial charge in [0.25, 0.3) is 0 Å². The molecule has 4 N–H and O–H groups in total. The van der Waals surface area contributed by atoms with Crippen LogP contribution in [0.5, 0.6) is 0 Å². The predicted octanol–water partition coefficient (Wildman–Crippen LogP) is 1.61. The van der Waals surface area contributed by atoms with E-state index in [2.05, 4.69) is 15.0 Å². The van der Waals surface area contributed by atoms with E-state index in [9.17, 15) is 0 Å². The minimum absolute atomic E-state index is 0.371. The van der Waals surface area contributed by atoms with Crippen LogP contribution in [0.1, 0.15) is 24.6 Å². The highest BCUT2D eigenvalue weighted by Gasteiger charge is 2.29. The number of nitrogens with zero attached hydrogens (tertiary/aromatic N) is 1. The number of nitrogens with two attached hydrogens (primary N) is 1. The molecule has 2 aromatic rings. The first-order valence-corrected chi connectivity index (χ1v) is 5.26. The van der Waals surface area contributed by atoms with E-state index in [4.69, 9.17) is 5.73 Å². The molecule has 1 aliphatic carbocycles. The summed E-state index contributed by atoms with van der Waals surface area (Å²) in [6, 6.07) is 2.40. The van der Waals surface area contributed by atoms with Gasteiger partial charge in [-0.25, -0.2) is 4.98 Å². The number of H-pyrrole nitrogens is 2. The molecule has 2 heterocycles. The predicted molar refractivity (Wildman–Crippen MR) is 58.3 cm³/mol. The van der Waals surface area contributed by atoms with Crippen molar-refractivity contribution in [1.82, 2.24) is 15.0 Å². The van der Waals surface area contributed by atoms with Gasteiger partial charge in [-0.05, 0) is 18.9 Å². The van der Waals surface area contributed by atoms with Crippen LogP contribution in [0.2, 0.25) is 0 Å². The Balaban J connectivity index is 1.82. The van der Waals surface area contributed by atoms with Gasteiger partial charge in [-0.15, -0.1) is 0 Å². The Morgan fingerprint density at radius 2 is 2.27 bits per heavy atom. The van der Waals surface area contributed by atoms with Crippen LogP contribution in [0.25, 0.3) is 11.3 Å². The molecule has 15 heavy (non-hydrogen) atoms.